The lowest BCUT2D eigenvalue weighted by Gasteiger charge is -2.36. The Balaban J connectivity index is 2.10. The van der Waals surface area contributed by atoms with Gasteiger partial charge in [-0.15, -0.1) is 0 Å². The maximum Gasteiger partial charge on any atom is 0.320 e. The van der Waals surface area contributed by atoms with Gasteiger partial charge in [0, 0.05) is 12.7 Å². The van der Waals surface area contributed by atoms with E-state index in [2.05, 4.69) is 16.8 Å². The predicted molar refractivity (Wildman–Crippen MR) is 73.8 cm³/mol. The quantitative estimate of drug-likeness (QED) is 0.905. The summed E-state index contributed by atoms with van der Waals surface area (Å²) in [6.45, 7) is 5.66. The molecule has 0 radical (unpaired) electrons. The van der Waals surface area contributed by atoms with Crippen LogP contribution < -0.4 is 0 Å². The average molecular weight is 262 g/mol. The molecule has 19 heavy (non-hydrogen) atoms. The van der Waals surface area contributed by atoms with E-state index in [1.165, 1.54) is 0 Å². The van der Waals surface area contributed by atoms with Gasteiger partial charge in [0.25, 0.3) is 0 Å². The number of likely N-dealkylation sites (tertiary alicyclic amines) is 1. The van der Waals surface area contributed by atoms with Crippen LogP contribution in [0.25, 0.3) is 0 Å². The van der Waals surface area contributed by atoms with Gasteiger partial charge in [-0.05, 0) is 43.9 Å². The van der Waals surface area contributed by atoms with Crippen molar-refractivity contribution in [2.24, 2.45) is 5.92 Å². The summed E-state index contributed by atoms with van der Waals surface area (Å²) in [4.78, 5) is 17.9. The molecule has 2 unspecified atom stereocenters. The number of piperidine rings is 1. The highest BCUT2D eigenvalue weighted by molar-refractivity contribution is 5.73. The highest BCUT2D eigenvalue weighted by atomic mass is 16.4. The highest BCUT2D eigenvalue weighted by Gasteiger charge is 2.32. The van der Waals surface area contributed by atoms with Gasteiger partial charge >= 0.3 is 5.97 Å². The Hall–Kier alpha value is -1.42. The lowest BCUT2D eigenvalue weighted by molar-refractivity contribution is -0.145. The highest BCUT2D eigenvalue weighted by Crippen LogP contribution is 2.27. The van der Waals surface area contributed by atoms with Crippen molar-refractivity contribution in [3.63, 3.8) is 0 Å². The van der Waals surface area contributed by atoms with Crippen molar-refractivity contribution in [1.29, 1.82) is 0 Å². The van der Waals surface area contributed by atoms with Crippen molar-refractivity contribution in [2.75, 3.05) is 6.54 Å². The van der Waals surface area contributed by atoms with E-state index in [0.717, 1.165) is 37.1 Å². The van der Waals surface area contributed by atoms with Crippen LogP contribution >= 0.6 is 0 Å². The van der Waals surface area contributed by atoms with Crippen LogP contribution in [0.5, 0.6) is 0 Å². The van der Waals surface area contributed by atoms with Crippen LogP contribution in [-0.2, 0) is 11.3 Å². The van der Waals surface area contributed by atoms with Gasteiger partial charge in [0.05, 0.1) is 5.69 Å². The molecule has 2 heterocycles. The van der Waals surface area contributed by atoms with E-state index in [1.807, 2.05) is 19.1 Å². The molecular weight excluding hydrogens is 240 g/mol. The average Bonchev–Trinajstić information content (AvgIpc) is 2.41. The molecule has 0 spiro atoms. The molecule has 104 valence electrons. The number of carbonyl (C=O) groups is 1. The summed E-state index contributed by atoms with van der Waals surface area (Å²) in [5, 5.41) is 9.41. The SMILES string of the molecule is CCC1CCN(Cc2ncccc2C)C(C(=O)O)C1. The summed E-state index contributed by atoms with van der Waals surface area (Å²) in [6, 6.07) is 3.58. The van der Waals surface area contributed by atoms with E-state index < -0.39 is 5.97 Å². The first-order chi connectivity index (χ1) is 9.11. The first-order valence-electron chi connectivity index (χ1n) is 6.99. The van der Waals surface area contributed by atoms with Crippen LogP contribution in [-0.4, -0.2) is 33.5 Å². The molecule has 2 rings (SSSR count). The molecule has 1 aromatic rings. The molecule has 0 aromatic carbocycles. The normalized spacial score (nSPS) is 24.3. The Kier molecular flexibility index (Phi) is 4.53. The topological polar surface area (TPSA) is 53.4 Å². The van der Waals surface area contributed by atoms with Crippen LogP contribution in [0.2, 0.25) is 0 Å². The van der Waals surface area contributed by atoms with E-state index in [1.54, 1.807) is 6.20 Å². The number of carboxylic acids is 1. The Labute approximate surface area is 114 Å². The molecule has 0 amide bonds. The number of hydrogen-bond acceptors (Lipinski definition) is 3. The Morgan fingerprint density at radius 3 is 3.00 bits per heavy atom. The van der Waals surface area contributed by atoms with Gasteiger partial charge in [-0.25, -0.2) is 0 Å². The second-order valence-corrected chi connectivity index (χ2v) is 5.39. The van der Waals surface area contributed by atoms with Gasteiger partial charge in [-0.3, -0.25) is 14.7 Å². The van der Waals surface area contributed by atoms with E-state index in [4.69, 9.17) is 0 Å². The standard InChI is InChI=1S/C15H22N2O2/c1-3-12-6-8-17(14(9-12)15(18)19)10-13-11(2)5-4-7-16-13/h4-5,7,12,14H,3,6,8-10H2,1-2H3,(H,18,19). The number of pyridine rings is 1. The molecule has 2 atom stereocenters. The predicted octanol–water partition coefficient (Wildman–Crippen LogP) is 2.47. The molecule has 1 saturated heterocycles. The molecule has 1 N–H and O–H groups in total. The minimum Gasteiger partial charge on any atom is -0.480 e. The van der Waals surface area contributed by atoms with Gasteiger partial charge in [-0.1, -0.05) is 19.4 Å². The summed E-state index contributed by atoms with van der Waals surface area (Å²) in [5.74, 6) is -0.158. The Morgan fingerprint density at radius 2 is 2.37 bits per heavy atom. The maximum atomic E-state index is 11.4. The van der Waals surface area contributed by atoms with Gasteiger partial charge in [0.15, 0.2) is 0 Å². The van der Waals surface area contributed by atoms with Crippen molar-refractivity contribution in [3.05, 3.63) is 29.6 Å². The number of carboxylic acid groups (broad SMARTS) is 1. The zero-order valence-corrected chi connectivity index (χ0v) is 11.7. The summed E-state index contributed by atoms with van der Waals surface area (Å²) >= 11 is 0. The number of hydrogen-bond donors (Lipinski definition) is 1. The monoisotopic (exact) mass is 262 g/mol. The molecule has 4 heteroatoms. The molecule has 1 aliphatic rings. The van der Waals surface area contributed by atoms with E-state index in [0.29, 0.717) is 12.5 Å². The smallest absolute Gasteiger partial charge is 0.320 e. The number of rotatable bonds is 4. The Morgan fingerprint density at radius 1 is 1.58 bits per heavy atom. The van der Waals surface area contributed by atoms with Gasteiger partial charge < -0.3 is 5.11 Å². The fraction of sp³-hybridized carbons (Fsp3) is 0.600. The van der Waals surface area contributed by atoms with Crippen molar-refractivity contribution in [1.82, 2.24) is 9.88 Å². The number of aryl methyl sites for hydroxylation is 1. The first-order valence-corrected chi connectivity index (χ1v) is 6.99. The van der Waals surface area contributed by atoms with Crippen molar-refractivity contribution in [2.45, 2.75) is 45.7 Å². The van der Waals surface area contributed by atoms with Crippen molar-refractivity contribution in [3.8, 4) is 0 Å². The van der Waals surface area contributed by atoms with Crippen LogP contribution in [0.15, 0.2) is 18.3 Å². The summed E-state index contributed by atoms with van der Waals surface area (Å²) in [5.41, 5.74) is 2.12. The second kappa shape index (κ2) is 6.15. The van der Waals surface area contributed by atoms with E-state index in [-0.39, 0.29) is 6.04 Å². The third-order valence-electron chi connectivity index (χ3n) is 4.16. The number of aliphatic carboxylic acids is 1. The minimum atomic E-state index is -0.702. The molecule has 1 aromatic heterocycles. The van der Waals surface area contributed by atoms with E-state index >= 15 is 0 Å². The van der Waals surface area contributed by atoms with Crippen LogP contribution in [0.1, 0.15) is 37.4 Å². The molecule has 1 fully saturated rings. The maximum absolute atomic E-state index is 11.4. The summed E-state index contributed by atoms with van der Waals surface area (Å²) in [6.07, 6.45) is 4.70. The van der Waals surface area contributed by atoms with Crippen molar-refractivity contribution >= 4 is 5.97 Å². The molecule has 4 nitrogen and oxygen atoms in total. The second-order valence-electron chi connectivity index (χ2n) is 5.39. The molecule has 1 aliphatic heterocycles. The third kappa shape index (κ3) is 3.32. The summed E-state index contributed by atoms with van der Waals surface area (Å²) < 4.78 is 0. The lowest BCUT2D eigenvalue weighted by Crippen LogP contribution is -2.46. The van der Waals surface area contributed by atoms with Gasteiger partial charge in [-0.2, -0.15) is 0 Å². The van der Waals surface area contributed by atoms with Crippen LogP contribution in [0.3, 0.4) is 0 Å². The fourth-order valence-electron chi connectivity index (χ4n) is 2.78. The molecule has 0 saturated carbocycles. The van der Waals surface area contributed by atoms with Crippen molar-refractivity contribution < 1.29 is 9.90 Å². The number of aromatic nitrogens is 1. The zero-order valence-electron chi connectivity index (χ0n) is 11.7. The lowest BCUT2D eigenvalue weighted by atomic mass is 9.88. The fourth-order valence-corrected chi connectivity index (χ4v) is 2.78. The number of nitrogens with zero attached hydrogens (tertiary/aromatic N) is 2. The zero-order chi connectivity index (χ0) is 13.8. The summed E-state index contributed by atoms with van der Waals surface area (Å²) in [7, 11) is 0. The third-order valence-corrected chi connectivity index (χ3v) is 4.16. The van der Waals surface area contributed by atoms with E-state index in [9.17, 15) is 9.90 Å². The minimum absolute atomic E-state index is 0.361. The molecule has 0 aliphatic carbocycles. The van der Waals surface area contributed by atoms with Gasteiger partial charge in [0.1, 0.15) is 6.04 Å². The largest absolute Gasteiger partial charge is 0.480 e. The molecule has 0 bridgehead atoms. The Bertz CT molecular complexity index is 448. The first kappa shape index (κ1) is 14.0. The van der Waals surface area contributed by atoms with Crippen LogP contribution in [0.4, 0.5) is 0 Å². The van der Waals surface area contributed by atoms with Gasteiger partial charge in [0.2, 0.25) is 0 Å². The molecular formula is C15H22N2O2. The van der Waals surface area contributed by atoms with Crippen LogP contribution in [0, 0.1) is 12.8 Å².